The van der Waals surface area contributed by atoms with E-state index in [9.17, 15) is 5.21 Å². The second-order valence-electron chi connectivity index (χ2n) is 5.17. The van der Waals surface area contributed by atoms with E-state index in [4.69, 9.17) is 21.1 Å². The highest BCUT2D eigenvalue weighted by atomic mass is 35.5. The van der Waals surface area contributed by atoms with Crippen molar-refractivity contribution in [3.05, 3.63) is 58.4 Å². The lowest BCUT2D eigenvalue weighted by atomic mass is 10.0. The monoisotopic (exact) mass is 329 g/mol. The van der Waals surface area contributed by atoms with Crippen LogP contribution in [-0.2, 0) is 0 Å². The van der Waals surface area contributed by atoms with Crippen LogP contribution in [0.15, 0.2) is 42.5 Å². The highest BCUT2D eigenvalue weighted by molar-refractivity contribution is 6.33. The van der Waals surface area contributed by atoms with Crippen LogP contribution in [0.5, 0.6) is 11.5 Å². The predicted octanol–water partition coefficient (Wildman–Crippen LogP) is 4.12. The van der Waals surface area contributed by atoms with Gasteiger partial charge in [-0.05, 0) is 29.7 Å². The smallest absolute Gasteiger partial charge is 0.237 e. The van der Waals surface area contributed by atoms with Crippen LogP contribution < -0.4 is 14.2 Å². The summed E-state index contributed by atoms with van der Waals surface area (Å²) in [5, 5.41) is 14.8. The molecule has 1 heterocycles. The molecule has 3 aromatic rings. The number of ether oxygens (including phenoxy) is 2. The molecule has 0 saturated carbocycles. The molecule has 0 bridgehead atoms. The normalized spacial score (nSPS) is 10.8. The summed E-state index contributed by atoms with van der Waals surface area (Å²) in [5.41, 5.74) is 1.70. The number of fused-ring (bicyclic) bond motifs is 1. The van der Waals surface area contributed by atoms with Gasteiger partial charge in [0.1, 0.15) is 5.39 Å². The minimum absolute atomic E-state index is 0.460. The number of pyridine rings is 1. The molecule has 2 aromatic carbocycles. The van der Waals surface area contributed by atoms with Crippen LogP contribution in [0, 0.1) is 12.1 Å². The number of nitrogens with zero attached hydrogens (tertiary/aromatic N) is 1. The molecule has 0 amide bonds. The topological polar surface area (TPSA) is 45.4 Å². The molecule has 118 valence electrons. The molecule has 0 radical (unpaired) electrons. The molecular formula is C18H16ClNO3. The van der Waals surface area contributed by atoms with E-state index in [2.05, 4.69) is 0 Å². The summed E-state index contributed by atoms with van der Waals surface area (Å²) in [6.07, 6.45) is 0. The van der Waals surface area contributed by atoms with Crippen molar-refractivity contribution in [1.29, 1.82) is 0 Å². The third-order valence-electron chi connectivity index (χ3n) is 3.83. The fraction of sp³-hybridized carbons (Fsp3) is 0.167. The van der Waals surface area contributed by atoms with Crippen LogP contribution in [0.1, 0.15) is 5.69 Å². The standard InChI is InChI=1S/C18H16ClNO3/c1-11-10-12-8-9-15(22-2)18(23-3)16(12)17(20(11)21)13-6-4-5-7-14(13)19/h4-10H,1-3H3. The Balaban J connectivity index is 2.53. The molecule has 0 fully saturated rings. The highest BCUT2D eigenvalue weighted by Gasteiger charge is 2.24. The van der Waals surface area contributed by atoms with Gasteiger partial charge in [0.15, 0.2) is 17.2 Å². The first-order valence-electron chi connectivity index (χ1n) is 7.11. The largest absolute Gasteiger partial charge is 0.618 e. The van der Waals surface area contributed by atoms with Crippen molar-refractivity contribution >= 4 is 22.4 Å². The van der Waals surface area contributed by atoms with Crippen molar-refractivity contribution in [1.82, 2.24) is 0 Å². The number of methoxy groups -OCH3 is 2. The number of hydrogen-bond acceptors (Lipinski definition) is 3. The van der Waals surface area contributed by atoms with E-state index in [-0.39, 0.29) is 0 Å². The molecule has 0 spiro atoms. The number of benzene rings is 2. The summed E-state index contributed by atoms with van der Waals surface area (Å²) in [5.74, 6) is 1.08. The van der Waals surface area contributed by atoms with Crippen molar-refractivity contribution in [3.8, 4) is 22.8 Å². The molecular weight excluding hydrogens is 314 g/mol. The van der Waals surface area contributed by atoms with Crippen LogP contribution in [0.2, 0.25) is 5.02 Å². The summed E-state index contributed by atoms with van der Waals surface area (Å²) in [4.78, 5) is 0. The minimum Gasteiger partial charge on any atom is -0.618 e. The number of hydrogen-bond donors (Lipinski definition) is 0. The minimum atomic E-state index is 0.460. The van der Waals surface area contributed by atoms with E-state index >= 15 is 0 Å². The molecule has 4 nitrogen and oxygen atoms in total. The van der Waals surface area contributed by atoms with E-state index in [0.717, 1.165) is 10.1 Å². The molecule has 0 atom stereocenters. The summed E-state index contributed by atoms with van der Waals surface area (Å²) >= 11 is 6.33. The number of halogens is 1. The van der Waals surface area contributed by atoms with Crippen LogP contribution in [0.4, 0.5) is 0 Å². The maximum Gasteiger partial charge on any atom is 0.237 e. The Morgan fingerprint density at radius 2 is 1.78 bits per heavy atom. The first-order chi connectivity index (χ1) is 11.1. The maximum atomic E-state index is 12.8. The van der Waals surface area contributed by atoms with Crippen molar-refractivity contribution in [2.45, 2.75) is 6.92 Å². The van der Waals surface area contributed by atoms with Gasteiger partial charge in [-0.1, -0.05) is 23.7 Å². The fourth-order valence-corrected chi connectivity index (χ4v) is 2.99. The Morgan fingerprint density at radius 3 is 2.43 bits per heavy atom. The van der Waals surface area contributed by atoms with E-state index in [1.165, 1.54) is 0 Å². The Bertz CT molecular complexity index is 893. The first kappa shape index (κ1) is 15.4. The van der Waals surface area contributed by atoms with Crippen molar-refractivity contribution < 1.29 is 14.2 Å². The Hall–Kier alpha value is -2.46. The molecule has 0 unspecified atom stereocenters. The number of rotatable bonds is 3. The van der Waals surface area contributed by atoms with Crippen LogP contribution in [0.25, 0.3) is 22.0 Å². The average molecular weight is 330 g/mol. The molecule has 3 rings (SSSR count). The van der Waals surface area contributed by atoms with Gasteiger partial charge in [0.2, 0.25) is 5.69 Å². The lowest BCUT2D eigenvalue weighted by Gasteiger charge is -2.16. The molecule has 0 N–H and O–H groups in total. The lowest BCUT2D eigenvalue weighted by Crippen LogP contribution is -2.33. The zero-order valence-corrected chi connectivity index (χ0v) is 13.8. The molecule has 0 saturated heterocycles. The Labute approximate surface area is 139 Å². The molecule has 23 heavy (non-hydrogen) atoms. The second kappa shape index (κ2) is 5.97. The average Bonchev–Trinajstić information content (AvgIpc) is 2.56. The highest BCUT2D eigenvalue weighted by Crippen LogP contribution is 2.41. The van der Waals surface area contributed by atoms with Gasteiger partial charge in [0.05, 0.1) is 24.8 Å². The van der Waals surface area contributed by atoms with Gasteiger partial charge in [0, 0.05) is 13.0 Å². The van der Waals surface area contributed by atoms with E-state index in [0.29, 0.717) is 38.9 Å². The second-order valence-corrected chi connectivity index (χ2v) is 5.58. The quantitative estimate of drug-likeness (QED) is 0.536. The zero-order chi connectivity index (χ0) is 16.6. The van der Waals surface area contributed by atoms with Crippen LogP contribution in [-0.4, -0.2) is 14.2 Å². The van der Waals surface area contributed by atoms with Gasteiger partial charge in [-0.25, -0.2) is 0 Å². The van der Waals surface area contributed by atoms with Crippen LogP contribution in [0.3, 0.4) is 0 Å². The zero-order valence-electron chi connectivity index (χ0n) is 13.1. The van der Waals surface area contributed by atoms with E-state index in [1.807, 2.05) is 36.4 Å². The fourth-order valence-electron chi connectivity index (χ4n) is 2.77. The molecule has 0 aliphatic heterocycles. The molecule has 1 aromatic heterocycles. The van der Waals surface area contributed by atoms with Gasteiger partial charge >= 0.3 is 0 Å². The third kappa shape index (κ3) is 2.45. The summed E-state index contributed by atoms with van der Waals surface area (Å²) < 4.78 is 11.8. The maximum absolute atomic E-state index is 12.8. The summed E-state index contributed by atoms with van der Waals surface area (Å²) in [6.45, 7) is 1.77. The van der Waals surface area contributed by atoms with Crippen molar-refractivity contribution in [2.24, 2.45) is 0 Å². The summed E-state index contributed by atoms with van der Waals surface area (Å²) in [6, 6.07) is 12.8. The molecule has 5 heteroatoms. The van der Waals surface area contributed by atoms with Crippen LogP contribution >= 0.6 is 11.6 Å². The van der Waals surface area contributed by atoms with Gasteiger partial charge in [-0.15, -0.1) is 0 Å². The molecule has 0 aliphatic carbocycles. The lowest BCUT2D eigenvalue weighted by molar-refractivity contribution is -0.599. The van der Waals surface area contributed by atoms with Gasteiger partial charge < -0.3 is 14.7 Å². The number of aryl methyl sites for hydroxylation is 1. The van der Waals surface area contributed by atoms with Gasteiger partial charge in [-0.2, -0.15) is 4.73 Å². The number of aromatic nitrogens is 1. The SMILES string of the molecule is COc1ccc2cc(C)[n+]([O-])c(-c3ccccc3Cl)c2c1OC. The van der Waals surface area contributed by atoms with E-state index in [1.54, 1.807) is 27.2 Å². The van der Waals surface area contributed by atoms with Gasteiger partial charge in [-0.3, -0.25) is 0 Å². The van der Waals surface area contributed by atoms with Crippen molar-refractivity contribution in [3.63, 3.8) is 0 Å². The first-order valence-corrected chi connectivity index (χ1v) is 7.49. The summed E-state index contributed by atoms with van der Waals surface area (Å²) in [7, 11) is 3.13. The Morgan fingerprint density at radius 1 is 1.04 bits per heavy atom. The van der Waals surface area contributed by atoms with Crippen molar-refractivity contribution in [2.75, 3.05) is 14.2 Å². The Kier molecular flexibility index (Phi) is 4.01. The predicted molar refractivity (Wildman–Crippen MR) is 91.2 cm³/mol. The molecule has 0 aliphatic rings. The third-order valence-corrected chi connectivity index (χ3v) is 4.16. The van der Waals surface area contributed by atoms with Gasteiger partial charge in [0.25, 0.3) is 0 Å². The van der Waals surface area contributed by atoms with E-state index < -0.39 is 0 Å².